The van der Waals surface area contributed by atoms with Crippen LogP contribution in [0.25, 0.3) is 82.4 Å². The Kier molecular flexibility index (Phi) is 4.39. The number of aromatic nitrogens is 5. The fraction of sp³-hybridized carbons (Fsp3) is 0. The zero-order valence-corrected chi connectivity index (χ0v) is 23.0. The number of rotatable bonds is 2. The van der Waals surface area contributed by atoms with Crippen molar-refractivity contribution in [3.8, 4) is 11.4 Å². The van der Waals surface area contributed by atoms with Gasteiger partial charge in [-0.25, -0.2) is 9.97 Å². The van der Waals surface area contributed by atoms with Gasteiger partial charge in [-0.15, -0.1) is 0 Å². The van der Waals surface area contributed by atoms with Crippen molar-refractivity contribution in [3.05, 3.63) is 140 Å². The summed E-state index contributed by atoms with van der Waals surface area (Å²) in [5.74, 6) is 0. The first-order valence-electron chi connectivity index (χ1n) is 14.5. The third-order valence-electron chi connectivity index (χ3n) is 8.91. The molecule has 0 radical (unpaired) electrons. The van der Waals surface area contributed by atoms with E-state index in [9.17, 15) is 0 Å². The van der Waals surface area contributed by atoms with Crippen molar-refractivity contribution in [2.75, 3.05) is 0 Å². The van der Waals surface area contributed by atoms with E-state index in [1.807, 2.05) is 24.7 Å². The van der Waals surface area contributed by atoms with Crippen LogP contribution in [0.2, 0.25) is 0 Å². The smallest absolute Gasteiger partial charge is 0.146 e. The minimum atomic E-state index is 0.915. The average Bonchev–Trinajstić information content (AvgIpc) is 3.77. The van der Waals surface area contributed by atoms with Gasteiger partial charge in [0.25, 0.3) is 0 Å². The Hall–Kier alpha value is -5.94. The fourth-order valence-electron chi connectivity index (χ4n) is 7.11. The summed E-state index contributed by atoms with van der Waals surface area (Å²) in [4.78, 5) is 9.54. The Morgan fingerprint density at radius 1 is 0.372 bits per heavy atom. The van der Waals surface area contributed by atoms with Gasteiger partial charge in [0.15, 0.2) is 0 Å². The monoisotopic (exact) mass is 549 g/mol. The van der Waals surface area contributed by atoms with Gasteiger partial charge in [-0.1, -0.05) is 54.6 Å². The molecule has 0 fully saturated rings. The predicted octanol–water partition coefficient (Wildman–Crippen LogP) is 9.23. The molecule has 5 nitrogen and oxygen atoms in total. The van der Waals surface area contributed by atoms with E-state index in [4.69, 9.17) is 9.97 Å². The second kappa shape index (κ2) is 8.30. The van der Waals surface area contributed by atoms with Gasteiger partial charge in [0.2, 0.25) is 0 Å². The normalized spacial score (nSPS) is 12.2. The SMILES string of the molecule is c1ccc(-n2c3ccccc3c3cc4c(cc32)c2cc3c(cc2n4-c2ccccc2)c2cccnc2n2ccnc32)cc1. The molecule has 10 rings (SSSR count). The summed E-state index contributed by atoms with van der Waals surface area (Å²) in [7, 11) is 0. The van der Waals surface area contributed by atoms with Gasteiger partial charge in [0, 0.05) is 62.3 Å². The maximum atomic E-state index is 4.79. The molecule has 0 aliphatic heterocycles. The lowest BCUT2D eigenvalue weighted by Crippen LogP contribution is -1.95. The maximum absolute atomic E-state index is 4.79. The lowest BCUT2D eigenvalue weighted by atomic mass is 10.0. The molecule has 43 heavy (non-hydrogen) atoms. The summed E-state index contributed by atoms with van der Waals surface area (Å²) < 4.78 is 6.91. The first-order chi connectivity index (χ1) is 21.3. The van der Waals surface area contributed by atoms with Crippen molar-refractivity contribution in [2.24, 2.45) is 0 Å². The van der Waals surface area contributed by atoms with Crippen molar-refractivity contribution in [2.45, 2.75) is 0 Å². The van der Waals surface area contributed by atoms with E-state index in [2.05, 4.69) is 129 Å². The molecule has 0 bridgehead atoms. The third kappa shape index (κ3) is 3.00. The number of fused-ring (bicyclic) bond motifs is 12. The second-order valence-corrected chi connectivity index (χ2v) is 11.2. The molecule has 200 valence electrons. The zero-order valence-electron chi connectivity index (χ0n) is 23.0. The number of para-hydroxylation sites is 3. The number of pyridine rings is 2. The van der Waals surface area contributed by atoms with E-state index < -0.39 is 0 Å². The molecule has 0 saturated carbocycles. The number of imidazole rings is 1. The molecule has 0 aliphatic carbocycles. The van der Waals surface area contributed by atoms with E-state index in [1.54, 1.807) is 0 Å². The highest BCUT2D eigenvalue weighted by Gasteiger charge is 2.20. The Bertz CT molecular complexity index is 2710. The van der Waals surface area contributed by atoms with Gasteiger partial charge < -0.3 is 9.13 Å². The number of hydrogen-bond acceptors (Lipinski definition) is 2. The van der Waals surface area contributed by atoms with E-state index in [0.29, 0.717) is 0 Å². The predicted molar refractivity (Wildman–Crippen MR) is 177 cm³/mol. The van der Waals surface area contributed by atoms with Crippen LogP contribution in [0.15, 0.2) is 140 Å². The summed E-state index contributed by atoms with van der Waals surface area (Å²) in [6.45, 7) is 0. The van der Waals surface area contributed by atoms with Crippen molar-refractivity contribution in [3.63, 3.8) is 0 Å². The number of nitrogens with zero attached hydrogens (tertiary/aromatic N) is 5. The molecular formula is C38H23N5. The van der Waals surface area contributed by atoms with Crippen LogP contribution in [0, 0.1) is 0 Å². The lowest BCUT2D eigenvalue weighted by Gasteiger charge is -2.10. The molecule has 5 aromatic heterocycles. The summed E-state index contributed by atoms with van der Waals surface area (Å²) in [6, 6.07) is 43.7. The van der Waals surface area contributed by atoms with Crippen LogP contribution in [0.4, 0.5) is 0 Å². The van der Waals surface area contributed by atoms with E-state index >= 15 is 0 Å². The highest BCUT2D eigenvalue weighted by molar-refractivity contribution is 6.23. The summed E-state index contributed by atoms with van der Waals surface area (Å²) in [5, 5.41) is 8.28. The Morgan fingerprint density at radius 3 is 1.65 bits per heavy atom. The molecule has 5 heterocycles. The minimum Gasteiger partial charge on any atom is -0.309 e. The van der Waals surface area contributed by atoms with Crippen LogP contribution in [0.5, 0.6) is 0 Å². The molecular weight excluding hydrogens is 526 g/mol. The van der Waals surface area contributed by atoms with Crippen LogP contribution < -0.4 is 0 Å². The topological polar surface area (TPSA) is 40.0 Å². The minimum absolute atomic E-state index is 0.915. The highest BCUT2D eigenvalue weighted by atomic mass is 15.0. The Labute approximate surface area is 245 Å². The molecule has 0 saturated heterocycles. The molecule has 0 aliphatic rings. The molecule has 0 N–H and O–H groups in total. The number of benzene rings is 5. The zero-order chi connectivity index (χ0) is 28.1. The molecule has 5 aromatic carbocycles. The van der Waals surface area contributed by atoms with E-state index in [0.717, 1.165) is 44.3 Å². The molecule has 0 unspecified atom stereocenters. The highest BCUT2D eigenvalue weighted by Crippen LogP contribution is 2.42. The van der Waals surface area contributed by atoms with Crippen LogP contribution in [-0.2, 0) is 0 Å². The van der Waals surface area contributed by atoms with E-state index in [1.165, 1.54) is 38.1 Å². The fourth-order valence-corrected chi connectivity index (χ4v) is 7.11. The second-order valence-electron chi connectivity index (χ2n) is 11.2. The summed E-state index contributed by atoms with van der Waals surface area (Å²) >= 11 is 0. The summed E-state index contributed by atoms with van der Waals surface area (Å²) in [5.41, 5.74) is 8.87. The standard InChI is InChI=1S/C38H23N5/c1-3-10-24(11-4-1)42-33-16-8-7-14-26(33)30-22-36-31(23-35(30)42)29-20-32-28(21-34(29)43(36)25-12-5-2-6-13-25)27-15-9-17-39-37(27)41-19-18-40-38(32)41/h1-23H. The van der Waals surface area contributed by atoms with Crippen LogP contribution >= 0.6 is 0 Å². The van der Waals surface area contributed by atoms with Crippen LogP contribution in [-0.4, -0.2) is 23.5 Å². The van der Waals surface area contributed by atoms with Crippen molar-refractivity contribution < 1.29 is 0 Å². The molecule has 0 spiro atoms. The summed E-state index contributed by atoms with van der Waals surface area (Å²) in [6.07, 6.45) is 5.72. The van der Waals surface area contributed by atoms with Crippen LogP contribution in [0.3, 0.4) is 0 Å². The first-order valence-corrected chi connectivity index (χ1v) is 14.5. The lowest BCUT2D eigenvalue weighted by molar-refractivity contribution is 1.17. The maximum Gasteiger partial charge on any atom is 0.146 e. The van der Waals surface area contributed by atoms with Crippen molar-refractivity contribution in [1.82, 2.24) is 23.5 Å². The van der Waals surface area contributed by atoms with Gasteiger partial charge in [-0.2, -0.15) is 0 Å². The molecule has 0 atom stereocenters. The van der Waals surface area contributed by atoms with Crippen LogP contribution in [0.1, 0.15) is 0 Å². The molecule has 10 aromatic rings. The average molecular weight is 550 g/mol. The van der Waals surface area contributed by atoms with Gasteiger partial charge in [-0.05, 0) is 72.1 Å². The molecule has 5 heteroatoms. The first kappa shape index (κ1) is 22.7. The molecule has 0 amide bonds. The van der Waals surface area contributed by atoms with Crippen molar-refractivity contribution >= 4 is 71.1 Å². The number of hydrogen-bond donors (Lipinski definition) is 0. The van der Waals surface area contributed by atoms with E-state index in [-0.39, 0.29) is 0 Å². The third-order valence-corrected chi connectivity index (χ3v) is 8.91. The van der Waals surface area contributed by atoms with Gasteiger partial charge in [0.1, 0.15) is 11.3 Å². The quantitative estimate of drug-likeness (QED) is 0.202. The van der Waals surface area contributed by atoms with Crippen molar-refractivity contribution in [1.29, 1.82) is 0 Å². The van der Waals surface area contributed by atoms with Gasteiger partial charge >= 0.3 is 0 Å². The van der Waals surface area contributed by atoms with Gasteiger partial charge in [-0.3, -0.25) is 4.40 Å². The largest absolute Gasteiger partial charge is 0.309 e. The van der Waals surface area contributed by atoms with Gasteiger partial charge in [0.05, 0.1) is 22.1 Å². The Balaban J connectivity index is 1.45. The Morgan fingerprint density at radius 2 is 0.907 bits per heavy atom.